The van der Waals surface area contributed by atoms with E-state index >= 15 is 0 Å². The van der Waals surface area contributed by atoms with Crippen LogP contribution in [0.2, 0.25) is 0 Å². The summed E-state index contributed by atoms with van der Waals surface area (Å²) in [6, 6.07) is 16.3. The van der Waals surface area contributed by atoms with Gasteiger partial charge >= 0.3 is 0 Å². The Bertz CT molecular complexity index is 1060. The largest absolute Gasteiger partial charge is 0.496 e. The van der Waals surface area contributed by atoms with Gasteiger partial charge in [0, 0.05) is 22.9 Å². The van der Waals surface area contributed by atoms with Crippen LogP contribution in [0.4, 0.5) is 4.39 Å². The average molecular weight is 375 g/mol. The first-order valence-corrected chi connectivity index (χ1v) is 9.14. The summed E-state index contributed by atoms with van der Waals surface area (Å²) in [7, 11) is 1.64. The van der Waals surface area contributed by atoms with Crippen LogP contribution in [0.25, 0.3) is 28.1 Å². The van der Waals surface area contributed by atoms with E-state index in [1.807, 2.05) is 48.7 Å². The van der Waals surface area contributed by atoms with E-state index in [0.717, 1.165) is 22.6 Å². The molecule has 5 heteroatoms. The normalized spacial score (nSPS) is 10.1. The smallest absolute Gasteiger partial charge is 0.132 e. The lowest BCUT2D eigenvalue weighted by Gasteiger charge is -2.15. The van der Waals surface area contributed by atoms with Crippen LogP contribution >= 0.6 is 0 Å². The fourth-order valence-electron chi connectivity index (χ4n) is 3.03. The summed E-state index contributed by atoms with van der Waals surface area (Å²) < 4.78 is 21.7. The summed E-state index contributed by atoms with van der Waals surface area (Å²) >= 11 is 0. The highest BCUT2D eigenvalue weighted by atomic mass is 19.1. The second-order valence-corrected chi connectivity index (χ2v) is 5.72. The molecular formula is C23H22FN3O. The van der Waals surface area contributed by atoms with Gasteiger partial charge in [-0.2, -0.15) is 0 Å². The Hall–Kier alpha value is -3.47. The van der Waals surface area contributed by atoms with Crippen LogP contribution in [0.1, 0.15) is 13.8 Å². The van der Waals surface area contributed by atoms with Gasteiger partial charge in [-0.05, 0) is 24.3 Å². The fraction of sp³-hybridized carbons (Fsp3) is 0.130. The summed E-state index contributed by atoms with van der Waals surface area (Å²) in [5.41, 5.74) is 3.80. The molecule has 4 nitrogen and oxygen atoms in total. The van der Waals surface area contributed by atoms with Gasteiger partial charge in [0.2, 0.25) is 0 Å². The maximum atomic E-state index is 14.3. The van der Waals surface area contributed by atoms with Crippen LogP contribution in [0.5, 0.6) is 5.75 Å². The minimum absolute atomic E-state index is 0.294. The molecule has 0 amide bonds. The Morgan fingerprint density at radius 2 is 1.54 bits per heavy atom. The minimum Gasteiger partial charge on any atom is -0.496 e. The quantitative estimate of drug-likeness (QED) is 0.454. The topological polar surface area (TPSA) is 39.9 Å². The van der Waals surface area contributed by atoms with Gasteiger partial charge in [-0.1, -0.05) is 44.2 Å². The number of halogens is 1. The Kier molecular flexibility index (Phi) is 6.17. The molecular weight excluding hydrogens is 353 g/mol. The summed E-state index contributed by atoms with van der Waals surface area (Å²) in [4.78, 5) is 8.49. The molecule has 0 radical (unpaired) electrons. The van der Waals surface area contributed by atoms with E-state index in [1.54, 1.807) is 50.2 Å². The average Bonchev–Trinajstić information content (AvgIpc) is 3.25. The fourth-order valence-corrected chi connectivity index (χ4v) is 3.03. The zero-order chi connectivity index (χ0) is 19.9. The van der Waals surface area contributed by atoms with Gasteiger partial charge in [0.1, 0.15) is 11.6 Å². The lowest BCUT2D eigenvalue weighted by atomic mass is 10.0. The summed E-state index contributed by atoms with van der Waals surface area (Å²) in [5.74, 6) is 0.462. The number of rotatable bonds is 4. The third-order valence-electron chi connectivity index (χ3n) is 4.25. The molecule has 0 fully saturated rings. The number of pyridine rings is 1. The molecule has 0 bridgehead atoms. The third-order valence-corrected chi connectivity index (χ3v) is 4.25. The number of nitrogens with zero attached hydrogens (tertiary/aromatic N) is 3. The molecule has 0 aliphatic carbocycles. The number of aromatic nitrogens is 3. The van der Waals surface area contributed by atoms with Gasteiger partial charge in [0.05, 0.1) is 37.2 Å². The molecule has 2 heterocycles. The molecule has 0 aliphatic heterocycles. The van der Waals surface area contributed by atoms with Crippen molar-refractivity contribution in [3.8, 4) is 33.8 Å². The standard InChI is InChI=1S/C21H16FN3O.C2H6/c1-26-21-9-5-3-6-16(21)15-10-11-23-12-19(15)25-14-24-13-20(25)17-7-2-4-8-18(17)22;1-2/h2-14H,1H3;1-2H3. The maximum Gasteiger partial charge on any atom is 0.132 e. The van der Waals surface area contributed by atoms with Gasteiger partial charge in [0.15, 0.2) is 0 Å². The van der Waals surface area contributed by atoms with E-state index in [2.05, 4.69) is 9.97 Å². The van der Waals surface area contributed by atoms with E-state index in [9.17, 15) is 4.39 Å². The highest BCUT2D eigenvalue weighted by Crippen LogP contribution is 2.35. The molecule has 0 unspecified atom stereocenters. The molecule has 0 saturated carbocycles. The third kappa shape index (κ3) is 3.64. The molecule has 2 aromatic carbocycles. The monoisotopic (exact) mass is 375 g/mol. The van der Waals surface area contributed by atoms with Gasteiger partial charge in [-0.25, -0.2) is 9.37 Å². The Labute approximate surface area is 164 Å². The zero-order valence-electron chi connectivity index (χ0n) is 16.1. The van der Waals surface area contributed by atoms with Crippen molar-refractivity contribution in [2.45, 2.75) is 13.8 Å². The van der Waals surface area contributed by atoms with Crippen molar-refractivity contribution in [1.29, 1.82) is 0 Å². The molecule has 0 saturated heterocycles. The molecule has 142 valence electrons. The highest BCUT2D eigenvalue weighted by Gasteiger charge is 2.16. The van der Waals surface area contributed by atoms with Crippen LogP contribution < -0.4 is 4.74 Å². The van der Waals surface area contributed by atoms with Crippen LogP contribution in [-0.2, 0) is 0 Å². The molecule has 28 heavy (non-hydrogen) atoms. The van der Waals surface area contributed by atoms with Crippen molar-refractivity contribution in [3.05, 3.63) is 85.3 Å². The number of hydrogen-bond acceptors (Lipinski definition) is 3. The van der Waals surface area contributed by atoms with E-state index in [1.165, 1.54) is 6.07 Å². The summed E-state index contributed by atoms with van der Waals surface area (Å²) in [6.45, 7) is 4.00. The minimum atomic E-state index is -0.294. The van der Waals surface area contributed by atoms with Crippen molar-refractivity contribution < 1.29 is 9.13 Å². The summed E-state index contributed by atoms with van der Waals surface area (Å²) in [5, 5.41) is 0. The lowest BCUT2D eigenvalue weighted by molar-refractivity contribution is 0.416. The van der Waals surface area contributed by atoms with Crippen LogP contribution in [0.15, 0.2) is 79.5 Å². The first-order valence-electron chi connectivity index (χ1n) is 9.14. The molecule has 4 aromatic rings. The number of imidazole rings is 1. The maximum absolute atomic E-state index is 14.3. The number of para-hydroxylation sites is 1. The first kappa shape index (κ1) is 19.3. The van der Waals surface area contributed by atoms with Crippen LogP contribution in [0, 0.1) is 5.82 Å². The van der Waals surface area contributed by atoms with E-state index in [0.29, 0.717) is 11.3 Å². The molecule has 0 N–H and O–H groups in total. The Morgan fingerprint density at radius 1 is 0.821 bits per heavy atom. The van der Waals surface area contributed by atoms with Gasteiger partial charge in [-0.15, -0.1) is 0 Å². The highest BCUT2D eigenvalue weighted by molar-refractivity contribution is 5.78. The molecule has 0 aliphatic rings. The molecule has 0 atom stereocenters. The second-order valence-electron chi connectivity index (χ2n) is 5.72. The Balaban J connectivity index is 0.00000109. The van der Waals surface area contributed by atoms with Crippen molar-refractivity contribution in [2.75, 3.05) is 7.11 Å². The van der Waals surface area contributed by atoms with Crippen molar-refractivity contribution in [2.24, 2.45) is 0 Å². The SMILES string of the molecule is CC.COc1ccccc1-c1ccncc1-n1cncc1-c1ccccc1F. The van der Waals surface area contributed by atoms with Gasteiger partial charge in [-0.3, -0.25) is 9.55 Å². The Morgan fingerprint density at radius 3 is 2.29 bits per heavy atom. The zero-order valence-corrected chi connectivity index (χ0v) is 16.1. The summed E-state index contributed by atoms with van der Waals surface area (Å²) in [6.07, 6.45) is 6.79. The van der Waals surface area contributed by atoms with Crippen LogP contribution in [0.3, 0.4) is 0 Å². The molecule has 4 rings (SSSR count). The van der Waals surface area contributed by atoms with E-state index in [4.69, 9.17) is 4.74 Å². The van der Waals surface area contributed by atoms with E-state index < -0.39 is 0 Å². The predicted octanol–water partition coefficient (Wildman–Crippen LogP) is 5.78. The number of ether oxygens (including phenoxy) is 1. The number of benzene rings is 2. The molecule has 2 aromatic heterocycles. The second kappa shape index (κ2) is 8.95. The number of methoxy groups -OCH3 is 1. The van der Waals surface area contributed by atoms with Crippen molar-refractivity contribution in [3.63, 3.8) is 0 Å². The molecule has 0 spiro atoms. The predicted molar refractivity (Wildman–Crippen MR) is 110 cm³/mol. The van der Waals surface area contributed by atoms with Crippen LogP contribution in [-0.4, -0.2) is 21.6 Å². The van der Waals surface area contributed by atoms with Gasteiger partial charge < -0.3 is 4.74 Å². The first-order chi connectivity index (χ1) is 13.8. The van der Waals surface area contributed by atoms with E-state index in [-0.39, 0.29) is 5.82 Å². The lowest BCUT2D eigenvalue weighted by Crippen LogP contribution is -2.00. The van der Waals surface area contributed by atoms with Crippen molar-refractivity contribution in [1.82, 2.24) is 14.5 Å². The van der Waals surface area contributed by atoms with Gasteiger partial charge in [0.25, 0.3) is 0 Å². The van der Waals surface area contributed by atoms with Crippen molar-refractivity contribution >= 4 is 0 Å². The number of hydrogen-bond donors (Lipinski definition) is 0.